The Morgan fingerprint density at radius 3 is 2.86 bits per heavy atom. The molecule has 1 aromatic carbocycles. The molecule has 1 saturated carbocycles. The lowest BCUT2D eigenvalue weighted by Gasteiger charge is -2.42. The van der Waals surface area contributed by atoms with E-state index in [0.717, 1.165) is 68.9 Å². The number of aliphatic hydroxyl groups is 1. The van der Waals surface area contributed by atoms with Gasteiger partial charge < -0.3 is 24.5 Å². The summed E-state index contributed by atoms with van der Waals surface area (Å²) < 4.78 is 11.2. The van der Waals surface area contributed by atoms with Gasteiger partial charge in [0.05, 0.1) is 12.3 Å². The molecule has 2 amide bonds. The summed E-state index contributed by atoms with van der Waals surface area (Å²) in [6.45, 7) is 6.05. The maximum atomic E-state index is 12.8. The van der Waals surface area contributed by atoms with E-state index >= 15 is 0 Å². The summed E-state index contributed by atoms with van der Waals surface area (Å²) in [7, 11) is 0. The zero-order chi connectivity index (χ0) is 29.1. The number of nitrogens with zero attached hydrogens (tertiary/aromatic N) is 5. The van der Waals surface area contributed by atoms with Crippen molar-refractivity contribution >= 4 is 11.8 Å². The van der Waals surface area contributed by atoms with Crippen LogP contribution in [0.1, 0.15) is 57.9 Å². The number of oxazole rings is 1. The van der Waals surface area contributed by atoms with E-state index in [-0.39, 0.29) is 24.1 Å². The third kappa shape index (κ3) is 6.47. The summed E-state index contributed by atoms with van der Waals surface area (Å²) in [5.74, 6) is 2.07. The van der Waals surface area contributed by atoms with E-state index in [2.05, 4.69) is 38.2 Å². The number of likely N-dealkylation sites (tertiary alicyclic amines) is 1. The van der Waals surface area contributed by atoms with Gasteiger partial charge >= 0.3 is 0 Å². The van der Waals surface area contributed by atoms with Gasteiger partial charge in [0.2, 0.25) is 5.91 Å². The average Bonchev–Trinajstić information content (AvgIpc) is 3.46. The highest BCUT2D eigenvalue weighted by Gasteiger charge is 2.36. The molecule has 4 heterocycles. The van der Waals surface area contributed by atoms with Crippen molar-refractivity contribution in [3.63, 3.8) is 0 Å². The SMILES string of the molecule is Cc1c(OCc2cnco2)ccc2c1CCN(C[C@@H](O)CNC(=O)c1cc(CC3CN(C(=O)C4CCC4)C3)ncn1)C2. The lowest BCUT2D eigenvalue weighted by Crippen LogP contribution is -2.53. The number of carbonyl (C=O) groups is 2. The van der Waals surface area contributed by atoms with Crippen molar-refractivity contribution in [3.05, 3.63) is 71.0 Å². The van der Waals surface area contributed by atoms with Crippen LogP contribution in [0.15, 0.2) is 41.5 Å². The van der Waals surface area contributed by atoms with Crippen LogP contribution in [-0.4, -0.2) is 80.5 Å². The van der Waals surface area contributed by atoms with E-state index in [0.29, 0.717) is 37.2 Å². The number of ether oxygens (including phenoxy) is 1. The van der Waals surface area contributed by atoms with Crippen LogP contribution < -0.4 is 10.1 Å². The van der Waals surface area contributed by atoms with Crippen LogP contribution in [0.25, 0.3) is 0 Å². The van der Waals surface area contributed by atoms with Crippen LogP contribution in [0, 0.1) is 18.8 Å². The van der Waals surface area contributed by atoms with Gasteiger partial charge in [-0.2, -0.15) is 0 Å². The third-order valence-corrected chi connectivity index (χ3v) is 8.72. The molecule has 11 heteroatoms. The number of fused-ring (bicyclic) bond motifs is 1. The van der Waals surface area contributed by atoms with E-state index in [9.17, 15) is 14.7 Å². The number of aromatic nitrogens is 3. The standard InChI is InChI=1S/C31H38N6O5/c1-20-27-7-8-36(15-23(27)5-6-29(20)41-17-26-12-32-19-42-26)16-25(38)11-33-30(39)28-10-24(34-18-35-28)9-21-13-37(14-21)31(40)22-3-2-4-22/h5-6,10,12,18-19,21-22,25,38H,2-4,7-9,11,13-17H2,1H3,(H,33,39)/t25-/m0/s1. The predicted molar refractivity (Wildman–Crippen MR) is 152 cm³/mol. The minimum Gasteiger partial charge on any atom is -0.485 e. The average molecular weight is 575 g/mol. The second-order valence-electron chi connectivity index (χ2n) is 11.8. The summed E-state index contributed by atoms with van der Waals surface area (Å²) >= 11 is 0. The molecule has 2 aromatic heterocycles. The van der Waals surface area contributed by atoms with Gasteiger partial charge in [0, 0.05) is 50.9 Å². The quantitative estimate of drug-likeness (QED) is 0.354. The fourth-order valence-electron chi connectivity index (χ4n) is 6.04. The zero-order valence-corrected chi connectivity index (χ0v) is 24.0. The monoisotopic (exact) mass is 574 g/mol. The van der Waals surface area contributed by atoms with Crippen molar-refractivity contribution in [2.45, 2.75) is 58.3 Å². The molecule has 11 nitrogen and oxygen atoms in total. The van der Waals surface area contributed by atoms with Crippen molar-refractivity contribution in [2.75, 3.05) is 32.7 Å². The number of hydrogen-bond acceptors (Lipinski definition) is 9. The minimum absolute atomic E-state index is 0.135. The second-order valence-corrected chi connectivity index (χ2v) is 11.8. The number of rotatable bonds is 11. The van der Waals surface area contributed by atoms with Crippen LogP contribution >= 0.6 is 0 Å². The first-order chi connectivity index (χ1) is 20.4. The molecule has 2 N–H and O–H groups in total. The molecule has 0 unspecified atom stereocenters. The summed E-state index contributed by atoms with van der Waals surface area (Å²) in [6.07, 6.45) is 8.52. The van der Waals surface area contributed by atoms with E-state index in [1.54, 1.807) is 12.3 Å². The maximum Gasteiger partial charge on any atom is 0.270 e. The Morgan fingerprint density at radius 2 is 2.10 bits per heavy atom. The van der Waals surface area contributed by atoms with Gasteiger partial charge in [-0.05, 0) is 67.3 Å². The molecule has 2 fully saturated rings. The number of hydrogen-bond donors (Lipinski definition) is 2. The Balaban J connectivity index is 0.941. The van der Waals surface area contributed by atoms with Crippen molar-refractivity contribution in [3.8, 4) is 5.75 Å². The molecule has 1 saturated heterocycles. The number of aliphatic hydroxyl groups excluding tert-OH is 1. The minimum atomic E-state index is -0.711. The highest BCUT2D eigenvalue weighted by atomic mass is 16.5. The molecule has 3 aromatic rings. The molecule has 0 radical (unpaired) electrons. The predicted octanol–water partition coefficient (Wildman–Crippen LogP) is 2.30. The summed E-state index contributed by atoms with van der Waals surface area (Å²) in [5, 5.41) is 13.5. The van der Waals surface area contributed by atoms with E-state index in [1.807, 2.05) is 11.0 Å². The molecular formula is C31H38N6O5. The van der Waals surface area contributed by atoms with Crippen LogP contribution in [-0.2, 0) is 30.8 Å². The number of β-amino-alcohol motifs (C(OH)–C–C–N with tert-alkyl or cyclic N) is 1. The molecular weight excluding hydrogens is 536 g/mol. The van der Waals surface area contributed by atoms with E-state index in [4.69, 9.17) is 9.15 Å². The molecule has 42 heavy (non-hydrogen) atoms. The van der Waals surface area contributed by atoms with Gasteiger partial charge in [-0.25, -0.2) is 15.0 Å². The van der Waals surface area contributed by atoms with Gasteiger partial charge in [0.25, 0.3) is 5.91 Å². The topological polar surface area (TPSA) is 134 Å². The van der Waals surface area contributed by atoms with E-state index < -0.39 is 6.10 Å². The third-order valence-electron chi connectivity index (χ3n) is 8.72. The van der Waals surface area contributed by atoms with Crippen molar-refractivity contribution in [1.29, 1.82) is 0 Å². The molecule has 0 spiro atoms. The van der Waals surface area contributed by atoms with E-state index in [1.165, 1.54) is 23.8 Å². The lowest BCUT2D eigenvalue weighted by atomic mass is 9.82. The van der Waals surface area contributed by atoms with Gasteiger partial charge in [-0.3, -0.25) is 14.5 Å². The summed E-state index contributed by atoms with van der Waals surface area (Å²) in [4.78, 5) is 41.7. The van der Waals surface area contributed by atoms with Crippen LogP contribution in [0.2, 0.25) is 0 Å². The molecule has 6 rings (SSSR count). The molecule has 1 aliphatic carbocycles. The van der Waals surface area contributed by atoms with Gasteiger partial charge in [0.1, 0.15) is 24.4 Å². The smallest absolute Gasteiger partial charge is 0.270 e. The van der Waals surface area contributed by atoms with Crippen molar-refractivity contribution in [2.24, 2.45) is 11.8 Å². The lowest BCUT2D eigenvalue weighted by molar-refractivity contribution is -0.144. The van der Waals surface area contributed by atoms with Crippen LogP contribution in [0.4, 0.5) is 0 Å². The first-order valence-electron chi connectivity index (χ1n) is 14.8. The summed E-state index contributed by atoms with van der Waals surface area (Å²) in [6, 6.07) is 5.78. The first-order valence-corrected chi connectivity index (χ1v) is 14.8. The maximum absolute atomic E-state index is 12.8. The molecule has 1 atom stereocenters. The highest BCUT2D eigenvalue weighted by Crippen LogP contribution is 2.32. The van der Waals surface area contributed by atoms with Gasteiger partial charge in [-0.1, -0.05) is 12.5 Å². The van der Waals surface area contributed by atoms with Crippen LogP contribution in [0.3, 0.4) is 0 Å². The Hall–Kier alpha value is -3.83. The molecule has 0 bridgehead atoms. The fraction of sp³-hybridized carbons (Fsp3) is 0.516. The number of nitrogens with one attached hydrogen (secondary N) is 1. The number of amides is 2. The van der Waals surface area contributed by atoms with Crippen LogP contribution in [0.5, 0.6) is 5.75 Å². The Kier molecular flexibility index (Phi) is 8.48. The molecule has 222 valence electrons. The van der Waals surface area contributed by atoms with Gasteiger partial charge in [0.15, 0.2) is 12.2 Å². The normalized spacial score (nSPS) is 18.1. The van der Waals surface area contributed by atoms with Crippen molar-refractivity contribution < 1.29 is 23.8 Å². The number of carbonyl (C=O) groups excluding carboxylic acids is 2. The molecule has 2 aliphatic heterocycles. The first kappa shape index (κ1) is 28.3. The fourth-order valence-corrected chi connectivity index (χ4v) is 6.04. The van der Waals surface area contributed by atoms with Crippen molar-refractivity contribution in [1.82, 2.24) is 30.1 Å². The van der Waals surface area contributed by atoms with Gasteiger partial charge in [-0.15, -0.1) is 0 Å². The largest absolute Gasteiger partial charge is 0.485 e. The Bertz CT molecular complexity index is 1400. The number of benzene rings is 1. The summed E-state index contributed by atoms with van der Waals surface area (Å²) in [5.41, 5.74) is 4.71. The Labute approximate surface area is 245 Å². The Morgan fingerprint density at radius 1 is 1.24 bits per heavy atom. The second kappa shape index (κ2) is 12.6. The zero-order valence-electron chi connectivity index (χ0n) is 24.0. The molecule has 3 aliphatic rings. The highest BCUT2D eigenvalue weighted by molar-refractivity contribution is 5.92.